The molecule has 2 aromatic heterocycles. The number of benzene rings is 2. The highest BCUT2D eigenvalue weighted by atomic mass is 19.2. The summed E-state index contributed by atoms with van der Waals surface area (Å²) in [4.78, 5) is 29.9. The zero-order valence-corrected chi connectivity index (χ0v) is 18.4. The van der Waals surface area contributed by atoms with Gasteiger partial charge in [-0.1, -0.05) is 18.2 Å². The Morgan fingerprint density at radius 3 is 2.53 bits per heavy atom. The van der Waals surface area contributed by atoms with Gasteiger partial charge in [-0.25, -0.2) is 22.9 Å². The third-order valence-electron chi connectivity index (χ3n) is 5.23. The fraction of sp³-hybridized carbons (Fsp3) is 0.167. The van der Waals surface area contributed by atoms with Gasteiger partial charge in [0.15, 0.2) is 29.1 Å². The molecule has 1 N–H and O–H groups in total. The predicted octanol–water partition coefficient (Wildman–Crippen LogP) is 4.88. The van der Waals surface area contributed by atoms with Crippen molar-refractivity contribution in [3.05, 3.63) is 82.3 Å². The molecule has 0 saturated carbocycles. The van der Waals surface area contributed by atoms with Crippen molar-refractivity contribution in [1.82, 2.24) is 14.8 Å². The minimum Gasteiger partial charge on any atom is -0.462 e. The molecule has 10 heteroatoms. The lowest BCUT2D eigenvalue weighted by Crippen LogP contribution is -2.20. The van der Waals surface area contributed by atoms with E-state index in [9.17, 15) is 22.8 Å². The Kier molecular flexibility index (Phi) is 6.06. The van der Waals surface area contributed by atoms with Crippen LogP contribution in [0, 0.1) is 31.3 Å². The van der Waals surface area contributed by atoms with Crippen molar-refractivity contribution in [3.63, 3.8) is 0 Å². The number of fused-ring (bicyclic) bond motifs is 1. The molecule has 174 valence electrons. The van der Waals surface area contributed by atoms with Gasteiger partial charge in [-0.05, 0) is 50.1 Å². The molecule has 0 atom stereocenters. The summed E-state index contributed by atoms with van der Waals surface area (Å²) in [6.45, 7) is 5.42. The van der Waals surface area contributed by atoms with Crippen molar-refractivity contribution >= 4 is 28.6 Å². The molecule has 0 radical (unpaired) electrons. The maximum Gasteiger partial charge on any atom is 0.343 e. The van der Waals surface area contributed by atoms with Crippen LogP contribution < -0.4 is 5.32 Å². The lowest BCUT2D eigenvalue weighted by atomic mass is 10.1. The Hall–Kier alpha value is -4.21. The van der Waals surface area contributed by atoms with Crippen LogP contribution in [0.5, 0.6) is 0 Å². The molecule has 0 aliphatic carbocycles. The number of nitrogens with one attached hydrogen (secondary N) is 1. The number of ether oxygens (including phenoxy) is 1. The van der Waals surface area contributed by atoms with Gasteiger partial charge >= 0.3 is 5.97 Å². The van der Waals surface area contributed by atoms with Gasteiger partial charge in [0, 0.05) is 5.39 Å². The van der Waals surface area contributed by atoms with Crippen LogP contribution in [-0.2, 0) is 4.74 Å². The number of hydrogen-bond donors (Lipinski definition) is 1. The molecule has 34 heavy (non-hydrogen) atoms. The average molecular weight is 468 g/mol. The first-order valence-corrected chi connectivity index (χ1v) is 10.3. The van der Waals surface area contributed by atoms with Crippen molar-refractivity contribution in [3.8, 4) is 5.82 Å². The standard InChI is InChI=1S/C24H19F3N4O3/c1-4-34-24(33)16-11-28-31(18-10-13(3)14-7-5-6-12(2)21(14)29-18)22(16)30-23(32)15-8-9-17(25)20(27)19(15)26/h5-11H,4H2,1-3H3,(H,30,32). The first-order valence-electron chi connectivity index (χ1n) is 10.3. The van der Waals surface area contributed by atoms with Gasteiger partial charge in [0.2, 0.25) is 0 Å². The number of aryl methyl sites for hydroxylation is 2. The smallest absolute Gasteiger partial charge is 0.343 e. The SMILES string of the molecule is CCOC(=O)c1cnn(-c2cc(C)c3cccc(C)c3n2)c1NC(=O)c1ccc(F)c(F)c1F. The molecular weight excluding hydrogens is 449 g/mol. The maximum atomic E-state index is 14.2. The third-order valence-corrected chi connectivity index (χ3v) is 5.23. The summed E-state index contributed by atoms with van der Waals surface area (Å²) in [6, 6.07) is 8.85. The number of aromatic nitrogens is 3. The first kappa shape index (κ1) is 23.0. The molecule has 0 spiro atoms. The molecule has 2 heterocycles. The van der Waals surface area contributed by atoms with Crippen molar-refractivity contribution < 1.29 is 27.5 Å². The first-order chi connectivity index (χ1) is 16.2. The second kappa shape index (κ2) is 8.97. The van der Waals surface area contributed by atoms with Crippen LogP contribution in [0.3, 0.4) is 0 Å². The molecule has 0 aliphatic heterocycles. The predicted molar refractivity (Wildman–Crippen MR) is 119 cm³/mol. The molecule has 0 aliphatic rings. The highest BCUT2D eigenvalue weighted by Crippen LogP contribution is 2.27. The molecular formula is C24H19F3N4O3. The Bertz CT molecular complexity index is 1450. The molecule has 0 unspecified atom stereocenters. The van der Waals surface area contributed by atoms with E-state index in [1.54, 1.807) is 13.0 Å². The normalized spacial score (nSPS) is 11.0. The number of para-hydroxylation sites is 1. The number of amides is 1. The zero-order chi connectivity index (χ0) is 24.6. The minimum atomic E-state index is -1.78. The van der Waals surface area contributed by atoms with E-state index in [-0.39, 0.29) is 23.8 Å². The van der Waals surface area contributed by atoms with Gasteiger partial charge in [0.1, 0.15) is 5.56 Å². The number of esters is 1. The minimum absolute atomic E-state index is 0.0573. The van der Waals surface area contributed by atoms with Crippen LogP contribution >= 0.6 is 0 Å². The highest BCUT2D eigenvalue weighted by molar-refractivity contribution is 6.07. The number of carbonyl (C=O) groups excluding carboxylic acids is 2. The molecule has 7 nitrogen and oxygen atoms in total. The lowest BCUT2D eigenvalue weighted by Gasteiger charge is -2.13. The molecule has 4 rings (SSSR count). The Labute approximate surface area is 192 Å². The van der Waals surface area contributed by atoms with Crippen LogP contribution in [-0.4, -0.2) is 33.2 Å². The summed E-state index contributed by atoms with van der Waals surface area (Å²) in [7, 11) is 0. The van der Waals surface area contributed by atoms with Crippen LogP contribution in [0.15, 0.2) is 42.6 Å². The molecule has 0 fully saturated rings. The van der Waals surface area contributed by atoms with Gasteiger partial charge in [-0.2, -0.15) is 9.78 Å². The number of hydrogen-bond acceptors (Lipinski definition) is 5. The second-order valence-corrected chi connectivity index (χ2v) is 7.48. The van der Waals surface area contributed by atoms with Crippen LogP contribution in [0.2, 0.25) is 0 Å². The van der Waals surface area contributed by atoms with Crippen LogP contribution in [0.25, 0.3) is 16.7 Å². The summed E-state index contributed by atoms with van der Waals surface area (Å²) >= 11 is 0. The molecule has 4 aromatic rings. The van der Waals surface area contributed by atoms with Crippen molar-refractivity contribution in [1.29, 1.82) is 0 Å². The van der Waals surface area contributed by atoms with E-state index >= 15 is 0 Å². The van der Waals surface area contributed by atoms with Crippen molar-refractivity contribution in [2.45, 2.75) is 20.8 Å². The van der Waals surface area contributed by atoms with Gasteiger partial charge < -0.3 is 10.1 Å². The summed E-state index contributed by atoms with van der Waals surface area (Å²) in [5.74, 6) is -6.66. The molecule has 0 saturated heterocycles. The van der Waals surface area contributed by atoms with E-state index in [0.29, 0.717) is 11.6 Å². The van der Waals surface area contributed by atoms with Crippen LogP contribution in [0.4, 0.5) is 19.0 Å². The summed E-state index contributed by atoms with van der Waals surface area (Å²) in [5, 5.41) is 7.47. The van der Waals surface area contributed by atoms with E-state index in [1.165, 1.54) is 10.9 Å². The third kappa shape index (κ3) is 3.98. The Balaban J connectivity index is 1.85. The van der Waals surface area contributed by atoms with E-state index in [1.807, 2.05) is 32.0 Å². The highest BCUT2D eigenvalue weighted by Gasteiger charge is 2.25. The van der Waals surface area contributed by atoms with Crippen LogP contribution in [0.1, 0.15) is 38.8 Å². The molecule has 2 aromatic carbocycles. The second-order valence-electron chi connectivity index (χ2n) is 7.48. The quantitative estimate of drug-likeness (QED) is 0.333. The number of anilines is 1. The lowest BCUT2D eigenvalue weighted by molar-refractivity contribution is 0.0527. The number of halogens is 3. The van der Waals surface area contributed by atoms with Gasteiger partial charge in [0.05, 0.1) is 23.9 Å². The van der Waals surface area contributed by atoms with Gasteiger partial charge in [0.25, 0.3) is 5.91 Å². The van der Waals surface area contributed by atoms with E-state index in [2.05, 4.69) is 15.4 Å². The average Bonchev–Trinajstić information content (AvgIpc) is 3.21. The summed E-state index contributed by atoms with van der Waals surface area (Å²) < 4.78 is 47.4. The van der Waals surface area contributed by atoms with Crippen molar-refractivity contribution in [2.24, 2.45) is 0 Å². The van der Waals surface area contributed by atoms with Gasteiger partial charge in [-0.15, -0.1) is 0 Å². The number of carbonyl (C=O) groups is 2. The van der Waals surface area contributed by atoms with E-state index in [0.717, 1.165) is 22.6 Å². The zero-order valence-electron chi connectivity index (χ0n) is 18.4. The fourth-order valence-electron chi connectivity index (χ4n) is 3.53. The topological polar surface area (TPSA) is 86.1 Å². The summed E-state index contributed by atoms with van der Waals surface area (Å²) in [6.07, 6.45) is 1.17. The monoisotopic (exact) mass is 468 g/mol. The number of pyridine rings is 1. The van der Waals surface area contributed by atoms with E-state index < -0.39 is 34.9 Å². The Morgan fingerprint density at radius 2 is 1.79 bits per heavy atom. The van der Waals surface area contributed by atoms with E-state index in [4.69, 9.17) is 4.74 Å². The fourth-order valence-corrected chi connectivity index (χ4v) is 3.53. The largest absolute Gasteiger partial charge is 0.462 e. The van der Waals surface area contributed by atoms with Gasteiger partial charge in [-0.3, -0.25) is 4.79 Å². The molecule has 0 bridgehead atoms. The van der Waals surface area contributed by atoms with Crippen molar-refractivity contribution in [2.75, 3.05) is 11.9 Å². The summed E-state index contributed by atoms with van der Waals surface area (Å²) in [5.41, 5.74) is 1.58. The molecule has 1 amide bonds. The maximum absolute atomic E-state index is 14.2. The number of nitrogens with zero attached hydrogens (tertiary/aromatic N) is 3. The Morgan fingerprint density at radius 1 is 1.03 bits per heavy atom. The number of rotatable bonds is 5.